The van der Waals surface area contributed by atoms with Gasteiger partial charge in [0.1, 0.15) is 10.3 Å². The van der Waals surface area contributed by atoms with E-state index < -0.39 is 0 Å². The van der Waals surface area contributed by atoms with Crippen LogP contribution in [0.25, 0.3) is 0 Å². The molecule has 17 heavy (non-hydrogen) atoms. The van der Waals surface area contributed by atoms with Gasteiger partial charge in [-0.15, -0.1) is 0 Å². The Balaban J connectivity index is 2.79. The molecule has 96 valence electrons. The summed E-state index contributed by atoms with van der Waals surface area (Å²) in [6.45, 7) is 4.44. The van der Waals surface area contributed by atoms with Crippen LogP contribution in [0.2, 0.25) is 10.3 Å². The van der Waals surface area contributed by atoms with Crippen LogP contribution in [-0.4, -0.2) is 4.98 Å². The van der Waals surface area contributed by atoms with Crippen molar-refractivity contribution in [1.82, 2.24) is 4.98 Å². The Morgan fingerprint density at radius 2 is 1.65 bits per heavy atom. The van der Waals surface area contributed by atoms with Gasteiger partial charge < -0.3 is 0 Å². The van der Waals surface area contributed by atoms with Crippen LogP contribution in [0.5, 0.6) is 0 Å². The fourth-order valence-electron chi connectivity index (χ4n) is 2.08. The van der Waals surface area contributed by atoms with E-state index in [1.807, 2.05) is 12.1 Å². The molecule has 0 aliphatic rings. The largest absolute Gasteiger partial charge is 0.224 e. The van der Waals surface area contributed by atoms with E-state index in [9.17, 15) is 0 Å². The van der Waals surface area contributed by atoms with Crippen molar-refractivity contribution in [3.8, 4) is 0 Å². The molecule has 1 aromatic rings. The predicted octanol–water partition coefficient (Wildman–Crippen LogP) is 5.85. The number of unbranched alkanes of at least 4 members (excludes halogenated alkanes) is 2. The molecule has 0 spiro atoms. The van der Waals surface area contributed by atoms with Crippen LogP contribution in [-0.2, 0) is 0 Å². The molecular formula is C14H21Cl2N. The Labute approximate surface area is 115 Å². The zero-order valence-electron chi connectivity index (χ0n) is 10.7. The lowest BCUT2D eigenvalue weighted by Crippen LogP contribution is -2.01. The second-order valence-electron chi connectivity index (χ2n) is 4.50. The third-order valence-corrected chi connectivity index (χ3v) is 3.61. The van der Waals surface area contributed by atoms with Crippen LogP contribution in [0.3, 0.4) is 0 Å². The molecule has 0 N–H and O–H groups in total. The lowest BCUT2D eigenvalue weighted by Gasteiger charge is -2.17. The van der Waals surface area contributed by atoms with Gasteiger partial charge in [0.15, 0.2) is 0 Å². The van der Waals surface area contributed by atoms with Crippen molar-refractivity contribution in [2.45, 2.75) is 58.3 Å². The first-order valence-electron chi connectivity index (χ1n) is 6.51. The fourth-order valence-corrected chi connectivity index (χ4v) is 2.58. The van der Waals surface area contributed by atoms with E-state index in [0.29, 0.717) is 16.2 Å². The highest BCUT2D eigenvalue weighted by atomic mass is 35.5. The lowest BCUT2D eigenvalue weighted by molar-refractivity contribution is 0.524. The Morgan fingerprint density at radius 1 is 1.06 bits per heavy atom. The molecule has 0 aromatic carbocycles. The van der Waals surface area contributed by atoms with Gasteiger partial charge in [0.05, 0.1) is 0 Å². The Hall–Kier alpha value is -0.270. The quantitative estimate of drug-likeness (QED) is 0.568. The Kier molecular flexibility index (Phi) is 6.91. The molecule has 3 heteroatoms. The molecule has 0 unspecified atom stereocenters. The van der Waals surface area contributed by atoms with Crippen molar-refractivity contribution < 1.29 is 0 Å². The predicted molar refractivity (Wildman–Crippen MR) is 76.0 cm³/mol. The summed E-state index contributed by atoms with van der Waals surface area (Å²) in [7, 11) is 0. The maximum Gasteiger partial charge on any atom is 0.134 e. The molecule has 0 saturated heterocycles. The Morgan fingerprint density at radius 3 is 2.12 bits per heavy atom. The van der Waals surface area contributed by atoms with Gasteiger partial charge in [-0.1, -0.05) is 68.8 Å². The molecule has 0 fully saturated rings. The summed E-state index contributed by atoms with van der Waals surface area (Å²) < 4.78 is 0. The summed E-state index contributed by atoms with van der Waals surface area (Å²) in [6, 6.07) is 3.88. The normalized spacial score (nSPS) is 11.1. The zero-order chi connectivity index (χ0) is 12.7. The van der Waals surface area contributed by atoms with E-state index in [4.69, 9.17) is 23.2 Å². The molecule has 0 amide bonds. The van der Waals surface area contributed by atoms with Crippen molar-refractivity contribution in [3.05, 3.63) is 28.0 Å². The summed E-state index contributed by atoms with van der Waals surface area (Å²) >= 11 is 12.0. The van der Waals surface area contributed by atoms with Gasteiger partial charge >= 0.3 is 0 Å². The monoisotopic (exact) mass is 273 g/mol. The number of rotatable bonds is 7. The molecule has 0 radical (unpaired) electrons. The summed E-state index contributed by atoms with van der Waals surface area (Å²) in [5, 5.41) is 1.05. The van der Waals surface area contributed by atoms with Gasteiger partial charge in [-0.2, -0.15) is 0 Å². The summed E-state index contributed by atoms with van der Waals surface area (Å²) in [5.74, 6) is 0.534. The molecule has 0 aliphatic carbocycles. The second kappa shape index (κ2) is 7.94. The van der Waals surface area contributed by atoms with Crippen molar-refractivity contribution in [2.75, 3.05) is 0 Å². The van der Waals surface area contributed by atoms with Crippen molar-refractivity contribution in [1.29, 1.82) is 0 Å². The minimum Gasteiger partial charge on any atom is -0.224 e. The van der Waals surface area contributed by atoms with Gasteiger partial charge in [-0.25, -0.2) is 4.98 Å². The van der Waals surface area contributed by atoms with Crippen LogP contribution in [0.4, 0.5) is 0 Å². The zero-order valence-corrected chi connectivity index (χ0v) is 12.2. The highest BCUT2D eigenvalue weighted by molar-refractivity contribution is 6.32. The SMILES string of the molecule is CCCCC(CCCC)c1ccc(Cl)nc1Cl. The van der Waals surface area contributed by atoms with Crippen molar-refractivity contribution >= 4 is 23.2 Å². The summed E-state index contributed by atoms with van der Waals surface area (Å²) in [4.78, 5) is 4.14. The third-order valence-electron chi connectivity index (χ3n) is 3.10. The molecule has 1 heterocycles. The van der Waals surface area contributed by atoms with Gasteiger partial charge in [0, 0.05) is 0 Å². The molecule has 1 nitrogen and oxygen atoms in total. The van der Waals surface area contributed by atoms with E-state index in [2.05, 4.69) is 18.8 Å². The van der Waals surface area contributed by atoms with E-state index in [0.717, 1.165) is 5.56 Å². The van der Waals surface area contributed by atoms with Gasteiger partial charge in [0.25, 0.3) is 0 Å². The van der Waals surface area contributed by atoms with Crippen LogP contribution < -0.4 is 0 Å². The van der Waals surface area contributed by atoms with Crippen LogP contribution in [0, 0.1) is 0 Å². The maximum absolute atomic E-state index is 6.19. The van der Waals surface area contributed by atoms with Gasteiger partial charge in [-0.3, -0.25) is 0 Å². The molecular weight excluding hydrogens is 253 g/mol. The molecule has 0 atom stereocenters. The first-order chi connectivity index (χ1) is 8.19. The fraction of sp³-hybridized carbons (Fsp3) is 0.643. The molecule has 0 saturated carbocycles. The standard InChI is InChI=1S/C14H21Cl2N/c1-3-5-7-11(8-6-4-2)12-9-10-13(15)17-14(12)16/h9-11H,3-8H2,1-2H3. The summed E-state index contributed by atoms with van der Waals surface area (Å²) in [5.41, 5.74) is 1.16. The van der Waals surface area contributed by atoms with Gasteiger partial charge in [0.2, 0.25) is 0 Å². The molecule has 1 aromatic heterocycles. The van der Waals surface area contributed by atoms with Crippen molar-refractivity contribution in [3.63, 3.8) is 0 Å². The smallest absolute Gasteiger partial charge is 0.134 e. The van der Waals surface area contributed by atoms with Crippen LogP contribution >= 0.6 is 23.2 Å². The minimum atomic E-state index is 0.475. The number of nitrogens with zero attached hydrogens (tertiary/aromatic N) is 1. The average Bonchev–Trinajstić information content (AvgIpc) is 2.30. The van der Waals surface area contributed by atoms with Crippen molar-refractivity contribution in [2.24, 2.45) is 0 Å². The third kappa shape index (κ3) is 4.85. The topological polar surface area (TPSA) is 12.9 Å². The van der Waals surface area contributed by atoms with E-state index >= 15 is 0 Å². The number of hydrogen-bond donors (Lipinski definition) is 0. The first-order valence-corrected chi connectivity index (χ1v) is 7.26. The number of aromatic nitrogens is 1. The lowest BCUT2D eigenvalue weighted by atomic mass is 9.90. The van der Waals surface area contributed by atoms with Crippen LogP contribution in [0.1, 0.15) is 63.9 Å². The Bertz CT molecular complexity index is 331. The number of halogens is 2. The van der Waals surface area contributed by atoms with E-state index in [-0.39, 0.29) is 0 Å². The minimum absolute atomic E-state index is 0.475. The molecule has 0 aliphatic heterocycles. The molecule has 0 bridgehead atoms. The number of pyridine rings is 1. The second-order valence-corrected chi connectivity index (χ2v) is 5.24. The highest BCUT2D eigenvalue weighted by Crippen LogP contribution is 2.32. The summed E-state index contributed by atoms with van der Waals surface area (Å²) in [6.07, 6.45) is 7.32. The maximum atomic E-state index is 6.19. The van der Waals surface area contributed by atoms with E-state index in [1.165, 1.54) is 38.5 Å². The average molecular weight is 274 g/mol. The first kappa shape index (κ1) is 14.8. The number of hydrogen-bond acceptors (Lipinski definition) is 1. The highest BCUT2D eigenvalue weighted by Gasteiger charge is 2.15. The van der Waals surface area contributed by atoms with E-state index in [1.54, 1.807) is 0 Å². The molecule has 1 rings (SSSR count). The van der Waals surface area contributed by atoms with Gasteiger partial charge in [-0.05, 0) is 30.4 Å². The van der Waals surface area contributed by atoms with Crippen LogP contribution in [0.15, 0.2) is 12.1 Å².